The Bertz CT molecular complexity index is 1110. The first-order valence-corrected chi connectivity index (χ1v) is 10.1. The van der Waals surface area contributed by atoms with Gasteiger partial charge in [-0.3, -0.25) is 4.79 Å². The number of benzene rings is 2. The molecule has 0 bridgehead atoms. The zero-order chi connectivity index (χ0) is 20.8. The van der Waals surface area contributed by atoms with Gasteiger partial charge in [-0.05, 0) is 65.4 Å². The van der Waals surface area contributed by atoms with E-state index in [4.69, 9.17) is 5.73 Å². The van der Waals surface area contributed by atoms with E-state index in [1.54, 1.807) is 6.20 Å². The molecule has 1 saturated heterocycles. The van der Waals surface area contributed by atoms with Crippen LogP contribution in [0.15, 0.2) is 47.4 Å². The predicted octanol–water partition coefficient (Wildman–Crippen LogP) is 4.43. The Morgan fingerprint density at radius 2 is 1.93 bits per heavy atom. The second-order valence-corrected chi connectivity index (χ2v) is 8.24. The van der Waals surface area contributed by atoms with Crippen LogP contribution in [0.1, 0.15) is 12.0 Å². The fourth-order valence-electron chi connectivity index (χ4n) is 3.54. The molecule has 152 valence electrons. The number of fused-ring (bicyclic) bond motifs is 1. The molecule has 1 atom stereocenters. The highest BCUT2D eigenvalue weighted by Crippen LogP contribution is 2.34. The molecule has 1 fully saturated rings. The van der Waals surface area contributed by atoms with Crippen LogP contribution in [0.4, 0.5) is 30.2 Å². The molecule has 2 heterocycles. The molecular formula is C20H18F3IN4O. The van der Waals surface area contributed by atoms with Crippen molar-refractivity contribution in [1.82, 2.24) is 4.98 Å². The lowest BCUT2D eigenvalue weighted by Crippen LogP contribution is -2.26. The smallest absolute Gasteiger partial charge is 0.370 e. The summed E-state index contributed by atoms with van der Waals surface area (Å²) in [4.78, 5) is 17.4. The van der Waals surface area contributed by atoms with Crippen molar-refractivity contribution in [2.75, 3.05) is 23.3 Å². The van der Waals surface area contributed by atoms with E-state index in [1.807, 2.05) is 12.1 Å². The summed E-state index contributed by atoms with van der Waals surface area (Å²) in [5, 5.41) is 4.36. The van der Waals surface area contributed by atoms with Crippen LogP contribution in [0, 0.1) is 3.57 Å². The standard InChI is InChI=1S/C20H18F3IN4O/c21-20(22,23)11-1-3-13(4-2-11)27-17-8-14(28-6-5-12(25)10-28)7-15-16(24)9-26-19(29)18(15)17/h1-4,7-9,12,27H,5-6,10,25H2,(H,26,29)/t12-/m1/s1. The number of aromatic nitrogens is 1. The van der Waals surface area contributed by atoms with E-state index < -0.39 is 11.7 Å². The highest BCUT2D eigenvalue weighted by molar-refractivity contribution is 14.1. The number of hydrogen-bond acceptors (Lipinski definition) is 4. The van der Waals surface area contributed by atoms with E-state index in [0.717, 1.165) is 39.7 Å². The van der Waals surface area contributed by atoms with Gasteiger partial charge in [-0.2, -0.15) is 13.2 Å². The quantitative estimate of drug-likeness (QED) is 0.453. The van der Waals surface area contributed by atoms with E-state index in [9.17, 15) is 18.0 Å². The van der Waals surface area contributed by atoms with Crippen LogP contribution in [0.25, 0.3) is 10.8 Å². The van der Waals surface area contributed by atoms with Gasteiger partial charge in [-0.15, -0.1) is 0 Å². The molecule has 4 rings (SSSR count). The molecule has 0 aliphatic carbocycles. The SMILES string of the molecule is N[C@@H]1CCN(c2cc(Nc3ccc(C(F)(F)F)cc3)c3c(=O)[nH]cc(I)c3c2)C1. The molecule has 2 aromatic carbocycles. The maximum atomic E-state index is 12.8. The van der Waals surface area contributed by atoms with E-state index in [0.29, 0.717) is 23.3 Å². The normalized spacial score (nSPS) is 17.1. The average Bonchev–Trinajstić information content (AvgIpc) is 3.10. The zero-order valence-corrected chi connectivity index (χ0v) is 17.3. The first kappa shape index (κ1) is 20.0. The summed E-state index contributed by atoms with van der Waals surface area (Å²) in [5.74, 6) is 0. The van der Waals surface area contributed by atoms with Crippen molar-refractivity contribution in [1.29, 1.82) is 0 Å². The van der Waals surface area contributed by atoms with Crippen molar-refractivity contribution in [3.63, 3.8) is 0 Å². The minimum Gasteiger partial charge on any atom is -0.370 e. The lowest BCUT2D eigenvalue weighted by Gasteiger charge is -2.21. The summed E-state index contributed by atoms with van der Waals surface area (Å²) >= 11 is 2.15. The molecule has 0 spiro atoms. The molecule has 1 aromatic heterocycles. The Balaban J connectivity index is 1.79. The summed E-state index contributed by atoms with van der Waals surface area (Å²) in [5.41, 5.74) is 6.97. The van der Waals surface area contributed by atoms with Crippen molar-refractivity contribution in [2.24, 2.45) is 5.73 Å². The van der Waals surface area contributed by atoms with Gasteiger partial charge in [-0.25, -0.2) is 0 Å². The Morgan fingerprint density at radius 1 is 1.21 bits per heavy atom. The number of aromatic amines is 1. The fraction of sp³-hybridized carbons (Fsp3) is 0.250. The molecule has 29 heavy (non-hydrogen) atoms. The minimum absolute atomic E-state index is 0.0928. The number of nitrogens with zero attached hydrogens (tertiary/aromatic N) is 1. The summed E-state index contributed by atoms with van der Waals surface area (Å²) < 4.78 is 39.4. The van der Waals surface area contributed by atoms with Gasteiger partial charge >= 0.3 is 6.18 Å². The van der Waals surface area contributed by atoms with Gasteiger partial charge in [0.25, 0.3) is 5.56 Å². The van der Waals surface area contributed by atoms with Gasteiger partial charge in [0.1, 0.15) is 0 Å². The molecule has 1 aliphatic heterocycles. The second-order valence-electron chi connectivity index (χ2n) is 7.08. The summed E-state index contributed by atoms with van der Waals surface area (Å²) in [6.45, 7) is 1.52. The third kappa shape index (κ3) is 4.06. The highest BCUT2D eigenvalue weighted by atomic mass is 127. The highest BCUT2D eigenvalue weighted by Gasteiger charge is 2.30. The van der Waals surface area contributed by atoms with Crippen molar-refractivity contribution in [3.8, 4) is 0 Å². The monoisotopic (exact) mass is 514 g/mol. The molecule has 0 radical (unpaired) electrons. The Morgan fingerprint density at radius 3 is 2.55 bits per heavy atom. The third-order valence-corrected chi connectivity index (χ3v) is 5.91. The molecule has 0 saturated carbocycles. The fourth-order valence-corrected chi connectivity index (χ4v) is 4.12. The van der Waals surface area contributed by atoms with Crippen LogP contribution in [-0.2, 0) is 6.18 Å². The van der Waals surface area contributed by atoms with Crippen LogP contribution in [0.5, 0.6) is 0 Å². The first-order chi connectivity index (χ1) is 13.7. The molecular weight excluding hydrogens is 496 g/mol. The van der Waals surface area contributed by atoms with Gasteiger partial charge < -0.3 is 20.9 Å². The molecule has 3 aromatic rings. The zero-order valence-electron chi connectivity index (χ0n) is 15.2. The van der Waals surface area contributed by atoms with Crippen molar-refractivity contribution < 1.29 is 13.2 Å². The lowest BCUT2D eigenvalue weighted by atomic mass is 10.1. The van der Waals surface area contributed by atoms with E-state index in [2.05, 4.69) is 37.8 Å². The number of H-pyrrole nitrogens is 1. The molecule has 4 N–H and O–H groups in total. The minimum atomic E-state index is -4.40. The van der Waals surface area contributed by atoms with Crippen LogP contribution >= 0.6 is 22.6 Å². The van der Waals surface area contributed by atoms with Crippen LogP contribution in [0.3, 0.4) is 0 Å². The van der Waals surface area contributed by atoms with E-state index in [-0.39, 0.29) is 11.6 Å². The third-order valence-electron chi connectivity index (χ3n) is 5.02. The maximum Gasteiger partial charge on any atom is 0.416 e. The number of alkyl halides is 3. The van der Waals surface area contributed by atoms with Gasteiger partial charge in [-0.1, -0.05) is 0 Å². The molecule has 0 amide bonds. The van der Waals surface area contributed by atoms with E-state index >= 15 is 0 Å². The summed E-state index contributed by atoms with van der Waals surface area (Å²) in [7, 11) is 0. The largest absolute Gasteiger partial charge is 0.416 e. The number of nitrogens with two attached hydrogens (primary N) is 1. The van der Waals surface area contributed by atoms with Crippen molar-refractivity contribution in [2.45, 2.75) is 18.6 Å². The first-order valence-electron chi connectivity index (χ1n) is 9.02. The van der Waals surface area contributed by atoms with E-state index in [1.165, 1.54) is 12.1 Å². The Hall–Kier alpha value is -2.27. The molecule has 1 aliphatic rings. The van der Waals surface area contributed by atoms with Gasteiger partial charge in [0.05, 0.1) is 16.6 Å². The number of rotatable bonds is 3. The molecule has 0 unspecified atom stereocenters. The van der Waals surface area contributed by atoms with Gasteiger partial charge in [0.15, 0.2) is 0 Å². The lowest BCUT2D eigenvalue weighted by molar-refractivity contribution is -0.137. The molecule has 5 nitrogen and oxygen atoms in total. The molecule has 9 heteroatoms. The predicted molar refractivity (Wildman–Crippen MR) is 117 cm³/mol. The van der Waals surface area contributed by atoms with Crippen molar-refractivity contribution >= 4 is 50.4 Å². The number of pyridine rings is 1. The number of anilines is 3. The van der Waals surface area contributed by atoms with Gasteiger partial charge in [0, 0.05) is 45.7 Å². The Kier molecular flexibility index (Phi) is 5.19. The number of nitrogens with one attached hydrogen (secondary N) is 2. The second kappa shape index (κ2) is 7.52. The summed E-state index contributed by atoms with van der Waals surface area (Å²) in [6, 6.07) is 8.65. The summed E-state index contributed by atoms with van der Waals surface area (Å²) in [6.07, 6.45) is -1.87. The number of halogens is 4. The van der Waals surface area contributed by atoms with Gasteiger partial charge in [0.2, 0.25) is 0 Å². The number of hydrogen-bond donors (Lipinski definition) is 3. The van der Waals surface area contributed by atoms with Crippen LogP contribution < -0.4 is 21.5 Å². The van der Waals surface area contributed by atoms with Crippen molar-refractivity contribution in [3.05, 3.63) is 62.1 Å². The van der Waals surface area contributed by atoms with Crippen LogP contribution in [-0.4, -0.2) is 24.1 Å². The Labute approximate surface area is 178 Å². The topological polar surface area (TPSA) is 74.2 Å². The van der Waals surface area contributed by atoms with Crippen LogP contribution in [0.2, 0.25) is 0 Å². The average molecular weight is 514 g/mol. The maximum absolute atomic E-state index is 12.8.